The van der Waals surface area contributed by atoms with Crippen molar-refractivity contribution >= 4 is 40.5 Å². The second-order valence-electron chi connectivity index (χ2n) is 12.1. The largest absolute Gasteiger partial charge is 0.248 e. The fourth-order valence-corrected chi connectivity index (χ4v) is 7.34. The first-order chi connectivity index (χ1) is 18.1. The number of hydrogen-bond acceptors (Lipinski definition) is 0. The maximum atomic E-state index is 6.16. The molecule has 0 amide bonds. The van der Waals surface area contributed by atoms with Gasteiger partial charge in [-0.15, -0.1) is 33.8 Å². The molecule has 4 heteroatoms. The van der Waals surface area contributed by atoms with Crippen molar-refractivity contribution < 1.29 is 0 Å². The van der Waals surface area contributed by atoms with Crippen molar-refractivity contribution in [1.82, 2.24) is 0 Å². The van der Waals surface area contributed by atoms with E-state index in [1.54, 1.807) is 0 Å². The molecule has 0 aromatic heterocycles. The number of hydrogen-bond donors (Lipinski definition) is 0. The summed E-state index contributed by atoms with van der Waals surface area (Å²) in [5.74, 6) is 0.843. The lowest BCUT2D eigenvalue weighted by atomic mass is 10.0. The Morgan fingerprint density at radius 2 is 0.459 bits per heavy atom. The summed E-state index contributed by atoms with van der Waals surface area (Å²) in [5, 5.41) is 0. The molecule has 0 saturated heterocycles. The summed E-state index contributed by atoms with van der Waals surface area (Å²) in [6.45, 7) is 0.200. The Balaban J connectivity index is 3.04. The van der Waals surface area contributed by atoms with Crippen LogP contribution in [-0.4, -0.2) is 12.6 Å². The minimum absolute atomic E-state index is 0.843. The molecule has 0 aliphatic heterocycles. The Bertz CT molecular complexity index is 411. The van der Waals surface area contributed by atoms with E-state index in [1.807, 2.05) is 6.55 Å². The van der Waals surface area contributed by atoms with Crippen molar-refractivity contribution in [1.29, 1.82) is 0 Å². The molecule has 0 bridgehead atoms. The second-order valence-corrected chi connectivity index (χ2v) is 20.7. The zero-order valence-corrected chi connectivity index (χ0v) is 28.5. The van der Waals surface area contributed by atoms with Crippen molar-refractivity contribution in [2.24, 2.45) is 0 Å². The van der Waals surface area contributed by atoms with Crippen LogP contribution in [0.4, 0.5) is 0 Å². The van der Waals surface area contributed by atoms with Gasteiger partial charge in [-0.05, 0) is 19.0 Å². The van der Waals surface area contributed by atoms with Gasteiger partial charge in [0.1, 0.15) is 0 Å². The smallest absolute Gasteiger partial charge is 0.146 e. The Labute approximate surface area is 250 Å². The van der Waals surface area contributed by atoms with Gasteiger partial charge in [-0.25, -0.2) is 0 Å². The molecule has 0 saturated carbocycles. The fourth-order valence-electron chi connectivity index (χ4n) is 5.48. The molecule has 0 nitrogen and oxygen atoms in total. The molecular formula is C33H67Cl3Si. The van der Waals surface area contributed by atoms with E-state index in [-0.39, 0.29) is 0 Å². The van der Waals surface area contributed by atoms with Crippen LogP contribution in [0.1, 0.15) is 193 Å². The molecule has 0 aromatic carbocycles. The zero-order valence-electron chi connectivity index (χ0n) is 25.3. The summed E-state index contributed by atoms with van der Waals surface area (Å²) in [7, 11) is 0. The maximum absolute atomic E-state index is 6.16. The van der Waals surface area contributed by atoms with E-state index in [4.69, 9.17) is 33.8 Å². The summed E-state index contributed by atoms with van der Waals surface area (Å²) < 4.78 is 0. The van der Waals surface area contributed by atoms with E-state index in [1.165, 1.54) is 193 Å². The van der Waals surface area contributed by atoms with Crippen molar-refractivity contribution in [3.05, 3.63) is 0 Å². The van der Waals surface area contributed by atoms with Crippen LogP contribution < -0.4 is 0 Å². The SMILES string of the molecule is C[Si](Cl)(Cl)CCCCCCCCCCCCCCCCCCCCCCCCCCCCCCCCCl. The first kappa shape index (κ1) is 38.1. The van der Waals surface area contributed by atoms with Crippen LogP contribution in [0, 0.1) is 0 Å². The standard InChI is InChI=1S/C33H67Cl3Si/c1-37(35,36)33-31-29-27-25-23-21-19-17-15-13-11-9-7-5-3-2-4-6-8-10-12-14-16-18-20-22-24-26-28-30-32-34/h2-33H2,1H3. The predicted octanol–water partition coefficient (Wildman–Crippen LogP) is 14.5. The van der Waals surface area contributed by atoms with E-state index in [0.717, 1.165) is 11.9 Å². The average molecular weight is 598 g/mol. The molecular weight excluding hydrogens is 531 g/mol. The van der Waals surface area contributed by atoms with Gasteiger partial charge in [0, 0.05) is 5.88 Å². The monoisotopic (exact) mass is 596 g/mol. The molecule has 0 aromatic rings. The van der Waals surface area contributed by atoms with Gasteiger partial charge in [-0.1, -0.05) is 186 Å². The van der Waals surface area contributed by atoms with Crippen LogP contribution in [0.15, 0.2) is 0 Å². The average Bonchev–Trinajstić information content (AvgIpc) is 2.86. The third-order valence-corrected chi connectivity index (χ3v) is 10.6. The Morgan fingerprint density at radius 3 is 0.622 bits per heavy atom. The molecule has 0 aliphatic carbocycles. The van der Waals surface area contributed by atoms with Gasteiger partial charge >= 0.3 is 0 Å². The molecule has 37 heavy (non-hydrogen) atoms. The van der Waals surface area contributed by atoms with E-state index in [9.17, 15) is 0 Å². The summed E-state index contributed by atoms with van der Waals surface area (Å²) in [6, 6.07) is 1.06. The van der Waals surface area contributed by atoms with Crippen molar-refractivity contribution in [2.75, 3.05) is 5.88 Å². The lowest BCUT2D eigenvalue weighted by Gasteiger charge is -2.09. The van der Waals surface area contributed by atoms with Crippen LogP contribution in [-0.2, 0) is 0 Å². The van der Waals surface area contributed by atoms with Gasteiger partial charge in [0.25, 0.3) is 0 Å². The summed E-state index contributed by atoms with van der Waals surface area (Å²) in [6.07, 6.45) is 42.9. The number of halogens is 3. The van der Waals surface area contributed by atoms with Crippen LogP contribution in [0.3, 0.4) is 0 Å². The van der Waals surface area contributed by atoms with Crippen molar-refractivity contribution in [2.45, 2.75) is 205 Å². The molecule has 0 N–H and O–H groups in total. The molecule has 0 fully saturated rings. The number of rotatable bonds is 32. The van der Waals surface area contributed by atoms with Crippen LogP contribution in [0.2, 0.25) is 12.6 Å². The molecule has 0 atom stereocenters. The number of unbranched alkanes of at least 4 members (excludes halogenated alkanes) is 29. The minimum Gasteiger partial charge on any atom is -0.146 e. The van der Waals surface area contributed by atoms with Gasteiger partial charge < -0.3 is 0 Å². The molecule has 0 spiro atoms. The molecule has 0 unspecified atom stereocenters. The first-order valence-corrected chi connectivity index (χ1v) is 22.3. The van der Waals surface area contributed by atoms with E-state index >= 15 is 0 Å². The van der Waals surface area contributed by atoms with Gasteiger partial charge in [0.05, 0.1) is 0 Å². The molecule has 0 rings (SSSR count). The van der Waals surface area contributed by atoms with E-state index < -0.39 is 6.69 Å². The third kappa shape index (κ3) is 37.1. The Hall–Kier alpha value is 1.09. The lowest BCUT2D eigenvalue weighted by Crippen LogP contribution is -2.11. The highest BCUT2D eigenvalue weighted by molar-refractivity contribution is 7.44. The van der Waals surface area contributed by atoms with Gasteiger partial charge in [-0.2, -0.15) is 0 Å². The van der Waals surface area contributed by atoms with E-state index in [2.05, 4.69) is 0 Å². The summed E-state index contributed by atoms with van der Waals surface area (Å²) in [4.78, 5) is 0. The number of alkyl halides is 1. The van der Waals surface area contributed by atoms with Gasteiger partial charge in [0.2, 0.25) is 6.69 Å². The first-order valence-electron chi connectivity index (χ1n) is 17.0. The third-order valence-electron chi connectivity index (χ3n) is 8.00. The topological polar surface area (TPSA) is 0 Å². The molecule has 0 heterocycles. The van der Waals surface area contributed by atoms with Crippen LogP contribution >= 0.6 is 33.8 Å². The Morgan fingerprint density at radius 1 is 0.297 bits per heavy atom. The fraction of sp³-hybridized carbons (Fsp3) is 1.00. The quantitative estimate of drug-likeness (QED) is 0.0313. The van der Waals surface area contributed by atoms with Crippen LogP contribution in [0.25, 0.3) is 0 Å². The normalized spacial score (nSPS) is 12.0. The molecule has 224 valence electrons. The molecule has 0 aliphatic rings. The maximum Gasteiger partial charge on any atom is 0.248 e. The van der Waals surface area contributed by atoms with Crippen molar-refractivity contribution in [3.63, 3.8) is 0 Å². The highest BCUT2D eigenvalue weighted by Crippen LogP contribution is 2.23. The summed E-state index contributed by atoms with van der Waals surface area (Å²) in [5.41, 5.74) is 0. The highest BCUT2D eigenvalue weighted by Gasteiger charge is 2.19. The minimum atomic E-state index is -1.84. The predicted molar refractivity (Wildman–Crippen MR) is 177 cm³/mol. The summed E-state index contributed by atoms with van der Waals surface area (Å²) >= 11 is 18.0. The lowest BCUT2D eigenvalue weighted by molar-refractivity contribution is 0.513. The van der Waals surface area contributed by atoms with E-state index in [0.29, 0.717) is 0 Å². The van der Waals surface area contributed by atoms with Crippen LogP contribution in [0.5, 0.6) is 0 Å². The molecule has 0 radical (unpaired) electrons. The zero-order chi connectivity index (χ0) is 27.1. The van der Waals surface area contributed by atoms with Gasteiger partial charge in [-0.3, -0.25) is 0 Å². The Kier molecular flexibility index (Phi) is 32.5. The second kappa shape index (κ2) is 31.6. The van der Waals surface area contributed by atoms with Crippen molar-refractivity contribution in [3.8, 4) is 0 Å². The van der Waals surface area contributed by atoms with Gasteiger partial charge in [0.15, 0.2) is 0 Å². The highest BCUT2D eigenvalue weighted by atomic mass is 35.7.